The topological polar surface area (TPSA) is 43.4 Å². The molecule has 0 unspecified atom stereocenters. The Hall–Kier alpha value is -3.21. The molecule has 156 valence electrons. The summed E-state index contributed by atoms with van der Waals surface area (Å²) in [6.45, 7) is 1.92. The predicted octanol–water partition coefficient (Wildman–Crippen LogP) is 6.27. The second-order valence-electron chi connectivity index (χ2n) is 7.49. The molecule has 0 heterocycles. The quantitative estimate of drug-likeness (QED) is 0.326. The van der Waals surface area contributed by atoms with Crippen LogP contribution in [0, 0.1) is 6.92 Å². The van der Waals surface area contributed by atoms with E-state index in [4.69, 9.17) is 4.18 Å². The van der Waals surface area contributed by atoms with Gasteiger partial charge in [-0.2, -0.15) is 8.42 Å². The fourth-order valence-corrected chi connectivity index (χ4v) is 4.78. The fraction of sp³-hybridized carbons (Fsp3) is 0.111. The van der Waals surface area contributed by atoms with Crippen molar-refractivity contribution in [1.82, 2.24) is 0 Å². The average molecular weight is 429 g/mol. The molecule has 0 saturated heterocycles. The summed E-state index contributed by atoms with van der Waals surface area (Å²) in [6.07, 6.45) is -0.725. The van der Waals surface area contributed by atoms with Crippen molar-refractivity contribution in [1.29, 1.82) is 0 Å². The first-order valence-corrected chi connectivity index (χ1v) is 11.6. The Balaban J connectivity index is 1.84. The summed E-state index contributed by atoms with van der Waals surface area (Å²) >= 11 is 0. The van der Waals surface area contributed by atoms with Gasteiger partial charge in [-0.25, -0.2) is 0 Å². The monoisotopic (exact) mass is 428 g/mol. The summed E-state index contributed by atoms with van der Waals surface area (Å²) in [4.78, 5) is 0.152. The lowest BCUT2D eigenvalue weighted by atomic mass is 9.84. The van der Waals surface area contributed by atoms with Crippen molar-refractivity contribution in [3.63, 3.8) is 0 Å². The van der Waals surface area contributed by atoms with Crippen LogP contribution in [-0.2, 0) is 14.3 Å². The van der Waals surface area contributed by atoms with Crippen molar-refractivity contribution < 1.29 is 12.6 Å². The summed E-state index contributed by atoms with van der Waals surface area (Å²) in [7, 11) is -3.99. The lowest BCUT2D eigenvalue weighted by molar-refractivity contribution is 0.194. The molecule has 1 atom stereocenters. The molecule has 0 aliphatic rings. The molecule has 0 bridgehead atoms. The Morgan fingerprint density at radius 1 is 0.581 bits per heavy atom. The molecule has 0 amide bonds. The maximum Gasteiger partial charge on any atom is 0.297 e. The molecule has 4 aromatic carbocycles. The molecule has 0 N–H and O–H groups in total. The van der Waals surface area contributed by atoms with Crippen LogP contribution in [-0.4, -0.2) is 8.42 Å². The van der Waals surface area contributed by atoms with Crippen LogP contribution in [0.2, 0.25) is 0 Å². The first kappa shape index (κ1) is 21.0. The van der Waals surface area contributed by atoms with E-state index in [-0.39, 0.29) is 10.8 Å². The van der Waals surface area contributed by atoms with E-state index in [0.717, 1.165) is 22.3 Å². The van der Waals surface area contributed by atoms with E-state index in [0.29, 0.717) is 0 Å². The minimum Gasteiger partial charge on any atom is -0.257 e. The largest absolute Gasteiger partial charge is 0.297 e. The van der Waals surface area contributed by atoms with E-state index in [1.165, 1.54) is 0 Å². The molecule has 0 aliphatic heterocycles. The number of benzene rings is 4. The molecular formula is C27H24O3S. The van der Waals surface area contributed by atoms with Gasteiger partial charge in [0.15, 0.2) is 0 Å². The Morgan fingerprint density at radius 3 is 1.45 bits per heavy atom. The SMILES string of the molecule is Cc1ccc(S(=O)(=O)O[C@H](c2ccccc2)C(c2ccccc2)c2ccccc2)cc1. The van der Waals surface area contributed by atoms with Crippen LogP contribution in [0.4, 0.5) is 0 Å². The molecule has 31 heavy (non-hydrogen) atoms. The van der Waals surface area contributed by atoms with Gasteiger partial charge in [0.25, 0.3) is 10.1 Å². The first-order valence-electron chi connectivity index (χ1n) is 10.2. The molecular weight excluding hydrogens is 404 g/mol. The summed E-state index contributed by atoms with van der Waals surface area (Å²) < 4.78 is 32.5. The van der Waals surface area contributed by atoms with Gasteiger partial charge < -0.3 is 0 Å². The van der Waals surface area contributed by atoms with E-state index in [2.05, 4.69) is 0 Å². The lowest BCUT2D eigenvalue weighted by Crippen LogP contribution is -2.20. The molecule has 3 nitrogen and oxygen atoms in total. The van der Waals surface area contributed by atoms with Crippen molar-refractivity contribution in [2.24, 2.45) is 0 Å². The molecule has 0 radical (unpaired) electrons. The average Bonchev–Trinajstić information content (AvgIpc) is 2.81. The molecule has 0 aliphatic carbocycles. The number of rotatable bonds is 7. The standard InChI is InChI=1S/C27H24O3S/c1-21-17-19-25(20-18-21)31(28,29)30-27(24-15-9-4-10-16-24)26(22-11-5-2-6-12-22)23-13-7-3-8-14-23/h2-20,26-27H,1H3/t27-/m1/s1. The lowest BCUT2D eigenvalue weighted by Gasteiger charge is -2.28. The zero-order valence-corrected chi connectivity index (χ0v) is 18.1. The third-order valence-electron chi connectivity index (χ3n) is 5.29. The Kier molecular flexibility index (Phi) is 6.31. The van der Waals surface area contributed by atoms with Crippen LogP contribution in [0.15, 0.2) is 120 Å². The Morgan fingerprint density at radius 2 is 1.00 bits per heavy atom. The molecule has 4 heteroatoms. The van der Waals surface area contributed by atoms with E-state index in [9.17, 15) is 8.42 Å². The highest BCUT2D eigenvalue weighted by Crippen LogP contribution is 2.41. The minimum absolute atomic E-state index is 0.152. The van der Waals surface area contributed by atoms with Crippen LogP contribution in [0.1, 0.15) is 34.3 Å². The molecule has 4 aromatic rings. The van der Waals surface area contributed by atoms with Gasteiger partial charge in [0.1, 0.15) is 6.10 Å². The maximum atomic E-state index is 13.3. The summed E-state index contributed by atoms with van der Waals surface area (Å²) in [6, 6.07) is 36.0. The Labute approximate surface area is 184 Å². The smallest absolute Gasteiger partial charge is 0.257 e. The molecule has 0 aromatic heterocycles. The summed E-state index contributed by atoms with van der Waals surface area (Å²) in [5.41, 5.74) is 3.77. The molecule has 0 fully saturated rings. The van der Waals surface area contributed by atoms with Gasteiger partial charge in [0.2, 0.25) is 0 Å². The van der Waals surface area contributed by atoms with Crippen molar-refractivity contribution in [2.45, 2.75) is 23.8 Å². The van der Waals surface area contributed by atoms with Crippen LogP contribution in [0.25, 0.3) is 0 Å². The van der Waals surface area contributed by atoms with E-state index >= 15 is 0 Å². The number of aryl methyl sites for hydroxylation is 1. The zero-order valence-electron chi connectivity index (χ0n) is 17.3. The van der Waals surface area contributed by atoms with Crippen molar-refractivity contribution >= 4 is 10.1 Å². The van der Waals surface area contributed by atoms with Gasteiger partial charge >= 0.3 is 0 Å². The highest BCUT2D eigenvalue weighted by Gasteiger charge is 2.32. The highest BCUT2D eigenvalue weighted by molar-refractivity contribution is 7.86. The summed E-state index contributed by atoms with van der Waals surface area (Å²) in [5.74, 6) is -0.301. The Bertz CT molecular complexity index is 1160. The van der Waals surface area contributed by atoms with Crippen molar-refractivity contribution in [2.75, 3.05) is 0 Å². The zero-order chi connectivity index (χ0) is 21.7. The predicted molar refractivity (Wildman–Crippen MR) is 123 cm³/mol. The van der Waals surface area contributed by atoms with Gasteiger partial charge in [-0.1, -0.05) is 109 Å². The van der Waals surface area contributed by atoms with Gasteiger partial charge in [-0.05, 0) is 35.7 Å². The third-order valence-corrected chi connectivity index (χ3v) is 6.60. The summed E-state index contributed by atoms with van der Waals surface area (Å²) in [5, 5.41) is 0. The van der Waals surface area contributed by atoms with Crippen LogP contribution >= 0.6 is 0 Å². The fourth-order valence-electron chi connectivity index (χ4n) is 3.71. The highest BCUT2D eigenvalue weighted by atomic mass is 32.2. The van der Waals surface area contributed by atoms with Gasteiger partial charge in [-0.15, -0.1) is 0 Å². The first-order chi connectivity index (χ1) is 15.0. The number of hydrogen-bond acceptors (Lipinski definition) is 3. The van der Waals surface area contributed by atoms with E-state index in [1.807, 2.05) is 97.9 Å². The third kappa shape index (κ3) is 4.93. The molecule has 0 saturated carbocycles. The molecule has 4 rings (SSSR count). The van der Waals surface area contributed by atoms with Gasteiger partial charge in [0, 0.05) is 5.92 Å². The van der Waals surface area contributed by atoms with Crippen LogP contribution in [0.5, 0.6) is 0 Å². The van der Waals surface area contributed by atoms with Crippen molar-refractivity contribution in [3.8, 4) is 0 Å². The van der Waals surface area contributed by atoms with Gasteiger partial charge in [0.05, 0.1) is 4.90 Å². The van der Waals surface area contributed by atoms with Crippen LogP contribution in [0.3, 0.4) is 0 Å². The van der Waals surface area contributed by atoms with Gasteiger partial charge in [-0.3, -0.25) is 4.18 Å². The van der Waals surface area contributed by atoms with Crippen LogP contribution < -0.4 is 0 Å². The van der Waals surface area contributed by atoms with E-state index in [1.54, 1.807) is 24.3 Å². The number of hydrogen-bond donors (Lipinski definition) is 0. The van der Waals surface area contributed by atoms with Crippen molar-refractivity contribution in [3.05, 3.63) is 138 Å². The maximum absolute atomic E-state index is 13.3. The second-order valence-corrected chi connectivity index (χ2v) is 9.07. The second kappa shape index (κ2) is 9.29. The minimum atomic E-state index is -3.99. The molecule has 0 spiro atoms. The van der Waals surface area contributed by atoms with E-state index < -0.39 is 16.2 Å². The normalized spacial score (nSPS) is 12.6.